The Labute approximate surface area is 179 Å². The van der Waals surface area contributed by atoms with Gasteiger partial charge in [0, 0.05) is 7.05 Å². The number of hydrogen-bond donors (Lipinski definition) is 1. The quantitative estimate of drug-likeness (QED) is 0.567. The normalized spacial score (nSPS) is 17.3. The van der Waals surface area contributed by atoms with Crippen molar-refractivity contribution in [2.45, 2.75) is 11.7 Å². The van der Waals surface area contributed by atoms with Gasteiger partial charge in [0.05, 0.1) is 25.2 Å². The summed E-state index contributed by atoms with van der Waals surface area (Å²) in [6.45, 7) is 0. The Hall–Kier alpha value is -3.44. The van der Waals surface area contributed by atoms with E-state index in [0.717, 1.165) is 11.3 Å². The van der Waals surface area contributed by atoms with Gasteiger partial charge in [-0.25, -0.2) is 0 Å². The molecule has 2 aromatic carbocycles. The fraction of sp³-hybridized carbons (Fsp3) is 0.227. The van der Waals surface area contributed by atoms with Crippen LogP contribution in [0.5, 0.6) is 11.5 Å². The summed E-state index contributed by atoms with van der Waals surface area (Å²) in [6.07, 6.45) is 0.440. The fourth-order valence-electron chi connectivity index (χ4n) is 3.12. The summed E-state index contributed by atoms with van der Waals surface area (Å²) < 4.78 is 10.6. The zero-order chi connectivity index (χ0) is 21.7. The second-order valence-corrected chi connectivity index (χ2v) is 7.57. The highest BCUT2D eigenvalue weighted by atomic mass is 32.2. The van der Waals surface area contributed by atoms with E-state index in [2.05, 4.69) is 5.32 Å². The Balaban J connectivity index is 2.05. The van der Waals surface area contributed by atoms with E-state index in [1.165, 1.54) is 30.8 Å². The van der Waals surface area contributed by atoms with Gasteiger partial charge in [-0.15, -0.1) is 0 Å². The lowest BCUT2D eigenvalue weighted by Crippen LogP contribution is -2.31. The van der Waals surface area contributed by atoms with Crippen molar-refractivity contribution >= 4 is 29.3 Å². The third kappa shape index (κ3) is 4.11. The molecule has 8 heteroatoms. The molecule has 0 radical (unpaired) electrons. The smallest absolute Gasteiger partial charge is 0.264 e. The molecule has 1 fully saturated rings. The molecule has 30 heavy (non-hydrogen) atoms. The molecular weight excluding hydrogens is 402 g/mol. The summed E-state index contributed by atoms with van der Waals surface area (Å²) in [4.78, 5) is 27.1. The van der Waals surface area contributed by atoms with E-state index in [0.29, 0.717) is 22.9 Å². The molecule has 0 spiro atoms. The number of para-hydroxylation sites is 2. The largest absolute Gasteiger partial charge is 0.497 e. The molecule has 0 bridgehead atoms. The van der Waals surface area contributed by atoms with Gasteiger partial charge in [-0.2, -0.15) is 5.26 Å². The number of benzene rings is 2. The molecule has 1 aliphatic rings. The van der Waals surface area contributed by atoms with E-state index < -0.39 is 11.2 Å². The number of hydrogen-bond acceptors (Lipinski definition) is 6. The molecule has 154 valence electrons. The number of thioether (sulfide) groups is 1. The van der Waals surface area contributed by atoms with Crippen molar-refractivity contribution in [3.63, 3.8) is 0 Å². The Morgan fingerprint density at radius 3 is 2.47 bits per heavy atom. The highest BCUT2D eigenvalue weighted by Gasteiger charge is 2.41. The standard InChI is InChI=1S/C22H21N3O4S/c1-24-20(26)16(13-23)22-25(17-6-4-5-7-18(17)29-3)21(27)19(30-22)12-14-8-10-15(28-2)11-9-14/h4-11,19H,12H2,1-3H3,(H,24,26)/b22-16+/t19-/m1/s1. The maximum absolute atomic E-state index is 13.4. The number of carbonyl (C=O) groups excluding carboxylic acids is 2. The predicted molar refractivity (Wildman–Crippen MR) is 115 cm³/mol. The minimum atomic E-state index is -0.544. The first-order valence-corrected chi connectivity index (χ1v) is 10.0. The van der Waals surface area contributed by atoms with E-state index in [-0.39, 0.29) is 11.5 Å². The molecule has 1 aliphatic heterocycles. The number of anilines is 1. The maximum Gasteiger partial charge on any atom is 0.264 e. The van der Waals surface area contributed by atoms with Gasteiger partial charge in [-0.3, -0.25) is 14.5 Å². The minimum absolute atomic E-state index is 0.112. The average Bonchev–Trinajstić information content (AvgIpc) is 3.09. The number of nitrogens with zero attached hydrogens (tertiary/aromatic N) is 2. The molecule has 2 aromatic rings. The van der Waals surface area contributed by atoms with E-state index in [1.807, 2.05) is 30.3 Å². The lowest BCUT2D eigenvalue weighted by Gasteiger charge is -2.20. The molecule has 0 saturated carbocycles. The number of rotatable bonds is 6. The fourth-order valence-corrected chi connectivity index (χ4v) is 4.42. The Kier molecular flexibility index (Phi) is 6.65. The molecule has 3 rings (SSSR count). The zero-order valence-electron chi connectivity index (χ0n) is 16.8. The lowest BCUT2D eigenvalue weighted by molar-refractivity contribution is -0.117. The maximum atomic E-state index is 13.4. The van der Waals surface area contributed by atoms with Crippen LogP contribution in [0.1, 0.15) is 5.56 Å². The molecular formula is C22H21N3O4S. The molecule has 2 amide bonds. The molecule has 0 aliphatic carbocycles. The topological polar surface area (TPSA) is 91.7 Å². The number of nitrogens with one attached hydrogen (secondary N) is 1. The summed E-state index contributed by atoms with van der Waals surface area (Å²) in [7, 11) is 4.55. The molecule has 1 N–H and O–H groups in total. The number of ether oxygens (including phenoxy) is 2. The highest BCUT2D eigenvalue weighted by molar-refractivity contribution is 8.05. The summed E-state index contributed by atoms with van der Waals surface area (Å²) in [6, 6.07) is 16.4. The van der Waals surface area contributed by atoms with Gasteiger partial charge in [0.1, 0.15) is 28.2 Å². The summed E-state index contributed by atoms with van der Waals surface area (Å²) in [5, 5.41) is 11.9. The van der Waals surface area contributed by atoms with Crippen LogP contribution in [0.25, 0.3) is 0 Å². The van der Waals surface area contributed by atoms with Crippen LogP contribution in [0.15, 0.2) is 59.1 Å². The molecule has 7 nitrogen and oxygen atoms in total. The molecule has 0 aromatic heterocycles. The van der Waals surface area contributed by atoms with E-state index in [9.17, 15) is 14.9 Å². The zero-order valence-corrected chi connectivity index (χ0v) is 17.7. The predicted octanol–water partition coefficient (Wildman–Crippen LogP) is 2.88. The minimum Gasteiger partial charge on any atom is -0.497 e. The number of likely N-dealkylation sites (N-methyl/N-ethyl adjacent to an activating group) is 1. The second-order valence-electron chi connectivity index (χ2n) is 6.38. The monoisotopic (exact) mass is 423 g/mol. The van der Waals surface area contributed by atoms with Crippen LogP contribution in [-0.2, 0) is 16.0 Å². The first-order valence-electron chi connectivity index (χ1n) is 9.17. The van der Waals surface area contributed by atoms with Gasteiger partial charge in [0.2, 0.25) is 5.91 Å². The first kappa shape index (κ1) is 21.3. The van der Waals surface area contributed by atoms with Crippen molar-refractivity contribution in [1.82, 2.24) is 5.32 Å². The van der Waals surface area contributed by atoms with Crippen LogP contribution < -0.4 is 19.7 Å². The van der Waals surface area contributed by atoms with Gasteiger partial charge < -0.3 is 14.8 Å². The van der Waals surface area contributed by atoms with E-state index in [4.69, 9.17) is 9.47 Å². The second kappa shape index (κ2) is 9.37. The Morgan fingerprint density at radius 1 is 1.17 bits per heavy atom. The molecule has 1 heterocycles. The van der Waals surface area contributed by atoms with Crippen molar-refractivity contribution < 1.29 is 19.1 Å². The van der Waals surface area contributed by atoms with Crippen LogP contribution in [0.4, 0.5) is 5.69 Å². The van der Waals surface area contributed by atoms with Crippen LogP contribution >= 0.6 is 11.8 Å². The van der Waals surface area contributed by atoms with Crippen LogP contribution in [0.2, 0.25) is 0 Å². The van der Waals surface area contributed by atoms with Crippen molar-refractivity contribution in [3.8, 4) is 17.6 Å². The third-order valence-electron chi connectivity index (χ3n) is 4.64. The Bertz CT molecular complexity index is 1030. The number of methoxy groups -OCH3 is 2. The van der Waals surface area contributed by atoms with Gasteiger partial charge in [-0.05, 0) is 36.2 Å². The van der Waals surface area contributed by atoms with Gasteiger partial charge >= 0.3 is 0 Å². The van der Waals surface area contributed by atoms with Crippen molar-refractivity contribution in [2.75, 3.05) is 26.2 Å². The van der Waals surface area contributed by atoms with E-state index in [1.54, 1.807) is 31.4 Å². The summed E-state index contributed by atoms with van der Waals surface area (Å²) >= 11 is 1.21. The van der Waals surface area contributed by atoms with Gasteiger partial charge in [0.15, 0.2) is 0 Å². The molecule has 1 saturated heterocycles. The van der Waals surface area contributed by atoms with Crippen molar-refractivity contribution in [3.05, 3.63) is 64.7 Å². The summed E-state index contributed by atoms with van der Waals surface area (Å²) in [5.41, 5.74) is 1.32. The molecule has 1 atom stereocenters. The van der Waals surface area contributed by atoms with Crippen LogP contribution in [0.3, 0.4) is 0 Å². The van der Waals surface area contributed by atoms with Crippen LogP contribution in [-0.4, -0.2) is 38.3 Å². The average molecular weight is 423 g/mol. The number of amides is 2. The number of nitriles is 1. The van der Waals surface area contributed by atoms with Crippen molar-refractivity contribution in [2.24, 2.45) is 0 Å². The summed E-state index contributed by atoms with van der Waals surface area (Å²) in [5.74, 6) is 0.444. The SMILES string of the molecule is CNC(=O)/C(C#N)=C1/S[C@H](Cc2ccc(OC)cc2)C(=O)N1c1ccccc1OC. The molecule has 0 unspecified atom stereocenters. The third-order valence-corrected chi connectivity index (χ3v) is 5.90. The first-order chi connectivity index (χ1) is 14.5. The van der Waals surface area contributed by atoms with Gasteiger partial charge in [0.25, 0.3) is 5.91 Å². The van der Waals surface area contributed by atoms with Crippen molar-refractivity contribution in [1.29, 1.82) is 5.26 Å². The highest BCUT2D eigenvalue weighted by Crippen LogP contribution is 2.44. The van der Waals surface area contributed by atoms with Gasteiger partial charge in [-0.1, -0.05) is 36.0 Å². The lowest BCUT2D eigenvalue weighted by atomic mass is 10.1. The van der Waals surface area contributed by atoms with Crippen LogP contribution in [0, 0.1) is 11.3 Å². The number of carbonyl (C=O) groups is 2. The van der Waals surface area contributed by atoms with E-state index >= 15 is 0 Å². The Morgan fingerprint density at radius 2 is 1.87 bits per heavy atom.